The second-order valence-electron chi connectivity index (χ2n) is 3.25. The van der Waals surface area contributed by atoms with E-state index in [-0.39, 0.29) is 11.5 Å². The highest BCUT2D eigenvalue weighted by atomic mass is 16.3. The van der Waals surface area contributed by atoms with Crippen molar-refractivity contribution in [3.8, 4) is 0 Å². The van der Waals surface area contributed by atoms with Gasteiger partial charge in [0.05, 0.1) is 12.2 Å². The van der Waals surface area contributed by atoms with Crippen molar-refractivity contribution in [2.45, 2.75) is 32.5 Å². The minimum atomic E-state index is -0.438. The van der Waals surface area contributed by atoms with Crippen molar-refractivity contribution in [3.05, 3.63) is 6.42 Å². The molecule has 1 radical (unpaired) electrons. The van der Waals surface area contributed by atoms with Gasteiger partial charge in [0.25, 0.3) is 0 Å². The summed E-state index contributed by atoms with van der Waals surface area (Å²) in [6, 6.07) is 0. The molecule has 2 N–H and O–H groups in total. The topological polar surface area (TPSA) is 40.5 Å². The summed E-state index contributed by atoms with van der Waals surface area (Å²) in [6.07, 6.45) is 1.57. The Morgan fingerprint density at radius 2 is 2.00 bits per heavy atom. The number of aliphatic hydroxyl groups excluding tert-OH is 2. The highest BCUT2D eigenvalue weighted by Crippen LogP contribution is 2.36. The van der Waals surface area contributed by atoms with Crippen molar-refractivity contribution in [2.24, 2.45) is 5.41 Å². The van der Waals surface area contributed by atoms with Gasteiger partial charge in [-0.2, -0.15) is 0 Å². The van der Waals surface area contributed by atoms with Crippen LogP contribution in [0.15, 0.2) is 0 Å². The van der Waals surface area contributed by atoms with Crippen LogP contribution in [-0.4, -0.2) is 22.4 Å². The lowest BCUT2D eigenvalue weighted by molar-refractivity contribution is 0.00866. The largest absolute Gasteiger partial charge is 0.392 e. The third-order valence-electron chi connectivity index (χ3n) is 2.20. The molecule has 1 aliphatic rings. The van der Waals surface area contributed by atoms with Crippen molar-refractivity contribution < 1.29 is 10.2 Å². The molecule has 2 heteroatoms. The van der Waals surface area contributed by atoms with Crippen molar-refractivity contribution in [1.82, 2.24) is 0 Å². The summed E-state index contributed by atoms with van der Waals surface area (Å²) < 4.78 is 0. The lowest BCUT2D eigenvalue weighted by Crippen LogP contribution is -2.32. The maximum absolute atomic E-state index is 9.24. The Bertz CT molecular complexity index is 97.5. The molecule has 0 heterocycles. The van der Waals surface area contributed by atoms with Crippen LogP contribution in [0.25, 0.3) is 0 Å². The lowest BCUT2D eigenvalue weighted by Gasteiger charge is -2.25. The number of hydrogen-bond acceptors (Lipinski definition) is 2. The molecule has 0 spiro atoms. The molecule has 0 saturated heterocycles. The van der Waals surface area contributed by atoms with E-state index in [1.54, 1.807) is 6.42 Å². The van der Waals surface area contributed by atoms with E-state index in [0.29, 0.717) is 6.42 Å². The smallest absolute Gasteiger partial charge is 0.0648 e. The molecule has 53 valence electrons. The van der Waals surface area contributed by atoms with Gasteiger partial charge in [0.2, 0.25) is 0 Å². The van der Waals surface area contributed by atoms with E-state index in [0.717, 1.165) is 0 Å². The number of rotatable bonds is 0. The Hall–Kier alpha value is -0.0800. The van der Waals surface area contributed by atoms with Gasteiger partial charge in [0.15, 0.2) is 0 Å². The average molecular weight is 129 g/mol. The molecule has 0 aromatic heterocycles. The van der Waals surface area contributed by atoms with E-state index in [4.69, 9.17) is 0 Å². The minimum Gasteiger partial charge on any atom is -0.392 e. The molecule has 0 amide bonds. The molecule has 2 nitrogen and oxygen atoms in total. The standard InChI is InChI=1S/C7H13O2/c1-7(2)5(8)3-4-6(7)9/h3,5-6,8-9H,4H2,1-2H3. The van der Waals surface area contributed by atoms with Crippen LogP contribution >= 0.6 is 0 Å². The van der Waals surface area contributed by atoms with E-state index < -0.39 is 6.10 Å². The first-order chi connectivity index (χ1) is 4.05. The van der Waals surface area contributed by atoms with E-state index in [1.165, 1.54) is 0 Å². The molecule has 1 aliphatic carbocycles. The summed E-state index contributed by atoms with van der Waals surface area (Å²) in [4.78, 5) is 0. The van der Waals surface area contributed by atoms with Crippen LogP contribution in [0.1, 0.15) is 20.3 Å². The molecule has 0 aliphatic heterocycles. The van der Waals surface area contributed by atoms with Gasteiger partial charge < -0.3 is 10.2 Å². The average Bonchev–Trinajstić information content (AvgIpc) is 1.96. The normalized spacial score (nSPS) is 41.3. The molecular weight excluding hydrogens is 116 g/mol. The summed E-state index contributed by atoms with van der Waals surface area (Å²) >= 11 is 0. The van der Waals surface area contributed by atoms with Crippen molar-refractivity contribution in [2.75, 3.05) is 0 Å². The molecule has 0 aromatic rings. The van der Waals surface area contributed by atoms with E-state index in [2.05, 4.69) is 0 Å². The summed E-state index contributed by atoms with van der Waals surface area (Å²) in [7, 11) is 0. The third-order valence-corrected chi connectivity index (χ3v) is 2.20. The predicted octanol–water partition coefficient (Wildman–Crippen LogP) is 0.342. The summed E-state index contributed by atoms with van der Waals surface area (Å²) in [6.45, 7) is 3.73. The maximum Gasteiger partial charge on any atom is 0.0648 e. The first-order valence-corrected chi connectivity index (χ1v) is 3.24. The van der Waals surface area contributed by atoms with Crippen LogP contribution in [-0.2, 0) is 0 Å². The van der Waals surface area contributed by atoms with Gasteiger partial charge in [-0.3, -0.25) is 0 Å². The van der Waals surface area contributed by atoms with Crippen LogP contribution in [0, 0.1) is 11.8 Å². The second-order valence-corrected chi connectivity index (χ2v) is 3.25. The predicted molar refractivity (Wildman–Crippen MR) is 34.7 cm³/mol. The van der Waals surface area contributed by atoms with Crippen molar-refractivity contribution in [1.29, 1.82) is 0 Å². The molecule has 0 bridgehead atoms. The van der Waals surface area contributed by atoms with Gasteiger partial charge in [-0.05, 0) is 12.8 Å². The van der Waals surface area contributed by atoms with Crippen LogP contribution in [0.2, 0.25) is 0 Å². The summed E-state index contributed by atoms with van der Waals surface area (Å²) in [5, 5.41) is 18.4. The molecule has 9 heavy (non-hydrogen) atoms. The van der Waals surface area contributed by atoms with Gasteiger partial charge in [-0.1, -0.05) is 13.8 Å². The monoisotopic (exact) mass is 129 g/mol. The van der Waals surface area contributed by atoms with Gasteiger partial charge in [-0.25, -0.2) is 0 Å². The molecule has 1 saturated carbocycles. The van der Waals surface area contributed by atoms with E-state index >= 15 is 0 Å². The minimum absolute atomic E-state index is 0.333. The Morgan fingerprint density at radius 3 is 2.11 bits per heavy atom. The first-order valence-electron chi connectivity index (χ1n) is 3.24. The van der Waals surface area contributed by atoms with Crippen LogP contribution < -0.4 is 0 Å². The second kappa shape index (κ2) is 1.96. The Balaban J connectivity index is 2.66. The summed E-state index contributed by atoms with van der Waals surface area (Å²) in [5.74, 6) is 0. The Kier molecular flexibility index (Phi) is 1.53. The van der Waals surface area contributed by atoms with Gasteiger partial charge >= 0.3 is 0 Å². The Labute approximate surface area is 55.5 Å². The van der Waals surface area contributed by atoms with Crippen LogP contribution in [0.3, 0.4) is 0 Å². The first kappa shape index (κ1) is 7.03. The van der Waals surface area contributed by atoms with Crippen molar-refractivity contribution >= 4 is 0 Å². The third kappa shape index (κ3) is 0.970. The molecule has 0 aromatic carbocycles. The fourth-order valence-electron chi connectivity index (χ4n) is 1.06. The molecule has 2 atom stereocenters. The van der Waals surface area contributed by atoms with Gasteiger partial charge in [0, 0.05) is 5.41 Å². The fourth-order valence-corrected chi connectivity index (χ4v) is 1.06. The maximum atomic E-state index is 9.24. The molecule has 1 fully saturated rings. The van der Waals surface area contributed by atoms with Crippen LogP contribution in [0.5, 0.6) is 0 Å². The number of hydrogen-bond donors (Lipinski definition) is 2. The molecule has 1 rings (SSSR count). The Morgan fingerprint density at radius 1 is 1.44 bits per heavy atom. The van der Waals surface area contributed by atoms with E-state index in [1.807, 2.05) is 13.8 Å². The zero-order valence-corrected chi connectivity index (χ0v) is 5.83. The molecular formula is C7H13O2. The SMILES string of the molecule is CC1(C)C(O)[CH]CC1O. The fraction of sp³-hybridized carbons (Fsp3) is 0.857. The van der Waals surface area contributed by atoms with E-state index in [9.17, 15) is 10.2 Å². The zero-order chi connectivity index (χ0) is 7.07. The summed E-state index contributed by atoms with van der Waals surface area (Å²) in [5.41, 5.74) is -0.333. The van der Waals surface area contributed by atoms with Crippen LogP contribution in [0.4, 0.5) is 0 Å². The van der Waals surface area contributed by atoms with Gasteiger partial charge in [-0.15, -0.1) is 0 Å². The highest BCUT2D eigenvalue weighted by molar-refractivity contribution is 5.02. The highest BCUT2D eigenvalue weighted by Gasteiger charge is 2.41. The van der Waals surface area contributed by atoms with Crippen molar-refractivity contribution in [3.63, 3.8) is 0 Å². The quantitative estimate of drug-likeness (QED) is 0.495. The molecule has 2 unspecified atom stereocenters. The zero-order valence-electron chi connectivity index (χ0n) is 5.83. The van der Waals surface area contributed by atoms with Gasteiger partial charge in [0.1, 0.15) is 0 Å². The number of aliphatic hydroxyl groups is 2. The lowest BCUT2D eigenvalue weighted by atomic mass is 9.87.